The number of amides is 1. The van der Waals surface area contributed by atoms with Gasteiger partial charge in [0.1, 0.15) is 5.82 Å². The highest BCUT2D eigenvalue weighted by molar-refractivity contribution is 6.37. The number of carbonyl (C=O) groups is 1. The average Bonchev–Trinajstić information content (AvgIpc) is 2.70. The lowest BCUT2D eigenvalue weighted by molar-refractivity contribution is -0.138. The van der Waals surface area contributed by atoms with Gasteiger partial charge in [-0.1, -0.05) is 29.8 Å². The van der Waals surface area contributed by atoms with Crippen molar-refractivity contribution in [1.29, 1.82) is 0 Å². The van der Waals surface area contributed by atoms with Crippen molar-refractivity contribution in [2.45, 2.75) is 26.9 Å². The molecule has 30 heavy (non-hydrogen) atoms. The lowest BCUT2D eigenvalue weighted by atomic mass is 10.0. The van der Waals surface area contributed by atoms with E-state index in [1.807, 2.05) is 13.8 Å². The minimum absolute atomic E-state index is 0.0604. The van der Waals surface area contributed by atoms with E-state index in [-0.39, 0.29) is 17.2 Å². The lowest BCUT2D eigenvalue weighted by Gasteiger charge is -2.21. The number of nitrogens with zero attached hydrogens (tertiary/aromatic N) is 2. The Morgan fingerprint density at radius 3 is 2.43 bits per heavy atom. The molecular formula is C22H21ClF3N3O. The highest BCUT2D eigenvalue weighted by atomic mass is 35.5. The number of fused-ring (bicyclic) bond motifs is 1. The van der Waals surface area contributed by atoms with Crippen molar-refractivity contribution in [3.8, 4) is 0 Å². The number of anilines is 2. The third-order valence-corrected chi connectivity index (χ3v) is 5.35. The maximum absolute atomic E-state index is 13.3. The molecular weight excluding hydrogens is 415 g/mol. The SMILES string of the molecule is CCN(CC)C(=O)c1cnc(Nc2cccc(C(F)(F)F)c2C)c2cccc(Cl)c12. The molecule has 158 valence electrons. The van der Waals surface area contributed by atoms with Gasteiger partial charge in [0.15, 0.2) is 0 Å². The monoisotopic (exact) mass is 435 g/mol. The van der Waals surface area contributed by atoms with Crippen molar-refractivity contribution in [3.63, 3.8) is 0 Å². The summed E-state index contributed by atoms with van der Waals surface area (Å²) < 4.78 is 39.8. The van der Waals surface area contributed by atoms with Crippen molar-refractivity contribution in [2.75, 3.05) is 18.4 Å². The number of alkyl halides is 3. The molecule has 0 aliphatic carbocycles. The molecule has 4 nitrogen and oxygen atoms in total. The van der Waals surface area contributed by atoms with Gasteiger partial charge in [0.05, 0.1) is 11.1 Å². The highest BCUT2D eigenvalue weighted by Gasteiger charge is 2.33. The number of aromatic nitrogens is 1. The molecule has 0 aliphatic heterocycles. The zero-order valence-electron chi connectivity index (χ0n) is 16.8. The van der Waals surface area contributed by atoms with Gasteiger partial charge >= 0.3 is 6.18 Å². The predicted molar refractivity (Wildman–Crippen MR) is 113 cm³/mol. The van der Waals surface area contributed by atoms with Gasteiger partial charge in [-0.05, 0) is 44.5 Å². The number of nitrogens with one attached hydrogen (secondary N) is 1. The number of rotatable bonds is 5. The first-order valence-corrected chi connectivity index (χ1v) is 9.87. The number of hydrogen-bond donors (Lipinski definition) is 1. The maximum Gasteiger partial charge on any atom is 0.416 e. The summed E-state index contributed by atoms with van der Waals surface area (Å²) in [6.07, 6.45) is -3.04. The molecule has 0 fully saturated rings. The normalized spacial score (nSPS) is 11.6. The van der Waals surface area contributed by atoms with Crippen molar-refractivity contribution in [1.82, 2.24) is 9.88 Å². The molecule has 1 heterocycles. The van der Waals surface area contributed by atoms with Gasteiger partial charge in [0, 0.05) is 40.8 Å². The largest absolute Gasteiger partial charge is 0.416 e. The van der Waals surface area contributed by atoms with Crippen molar-refractivity contribution in [3.05, 3.63) is 64.3 Å². The zero-order chi connectivity index (χ0) is 22.1. The molecule has 0 spiro atoms. The molecule has 0 radical (unpaired) electrons. The van der Waals surface area contributed by atoms with Gasteiger partial charge in [0.25, 0.3) is 5.91 Å². The highest BCUT2D eigenvalue weighted by Crippen LogP contribution is 2.37. The molecule has 0 saturated carbocycles. The zero-order valence-corrected chi connectivity index (χ0v) is 17.5. The lowest BCUT2D eigenvalue weighted by Crippen LogP contribution is -2.30. The fraction of sp³-hybridized carbons (Fsp3) is 0.273. The standard InChI is InChI=1S/C22H21ClF3N3O/c1-4-29(5-2)21(30)15-12-27-20(14-8-6-10-17(23)19(14)15)28-18-11-7-9-16(13(18)3)22(24,25)26/h6-12H,4-5H2,1-3H3,(H,27,28). The number of hydrogen-bond acceptors (Lipinski definition) is 3. The van der Waals surface area contributed by atoms with E-state index in [0.717, 1.165) is 6.07 Å². The molecule has 3 rings (SSSR count). The Labute approximate surface area is 177 Å². The van der Waals surface area contributed by atoms with Crippen LogP contribution in [-0.2, 0) is 6.18 Å². The molecule has 2 aromatic carbocycles. The van der Waals surface area contributed by atoms with Gasteiger partial charge in [-0.3, -0.25) is 4.79 Å². The predicted octanol–water partition coefficient (Wildman–Crippen LogP) is 6.44. The molecule has 0 aliphatic rings. The Balaban J connectivity index is 2.14. The molecule has 1 aromatic heterocycles. The van der Waals surface area contributed by atoms with Crippen molar-refractivity contribution >= 4 is 39.8 Å². The van der Waals surface area contributed by atoms with Gasteiger partial charge in [-0.15, -0.1) is 0 Å². The van der Waals surface area contributed by atoms with Gasteiger partial charge in [-0.2, -0.15) is 13.2 Å². The fourth-order valence-corrected chi connectivity index (χ4v) is 3.68. The van der Waals surface area contributed by atoms with Crippen molar-refractivity contribution < 1.29 is 18.0 Å². The van der Waals surface area contributed by atoms with Crippen LogP contribution >= 0.6 is 11.6 Å². The molecule has 1 N–H and O–H groups in total. The molecule has 1 amide bonds. The molecule has 0 bridgehead atoms. The van der Waals surface area contributed by atoms with Crippen LogP contribution in [0.3, 0.4) is 0 Å². The fourth-order valence-electron chi connectivity index (χ4n) is 3.41. The van der Waals surface area contributed by atoms with E-state index in [9.17, 15) is 18.0 Å². The molecule has 0 unspecified atom stereocenters. The Kier molecular flexibility index (Phi) is 6.22. The molecule has 0 saturated heterocycles. The van der Waals surface area contributed by atoms with Crippen LogP contribution in [0.5, 0.6) is 0 Å². The summed E-state index contributed by atoms with van der Waals surface area (Å²) in [5.41, 5.74) is -0.0273. The minimum Gasteiger partial charge on any atom is -0.339 e. The van der Waals surface area contributed by atoms with Crippen LogP contribution in [0.4, 0.5) is 24.7 Å². The number of pyridine rings is 1. The second-order valence-corrected chi connectivity index (χ2v) is 7.17. The summed E-state index contributed by atoms with van der Waals surface area (Å²) in [5.74, 6) is 0.124. The molecule has 0 atom stereocenters. The third-order valence-electron chi connectivity index (χ3n) is 5.03. The minimum atomic E-state index is -4.46. The van der Waals surface area contributed by atoms with Crippen LogP contribution in [-0.4, -0.2) is 28.9 Å². The van der Waals surface area contributed by atoms with Gasteiger partial charge in [0.2, 0.25) is 0 Å². The van der Waals surface area contributed by atoms with E-state index in [4.69, 9.17) is 11.6 Å². The Bertz CT molecular complexity index is 1090. The Morgan fingerprint density at radius 1 is 1.13 bits per heavy atom. The first-order valence-electron chi connectivity index (χ1n) is 9.49. The molecule has 3 aromatic rings. The van der Waals surface area contributed by atoms with E-state index in [0.29, 0.717) is 40.3 Å². The Hall–Kier alpha value is -2.80. The van der Waals surface area contributed by atoms with Crippen molar-refractivity contribution in [2.24, 2.45) is 0 Å². The topological polar surface area (TPSA) is 45.2 Å². The summed E-state index contributed by atoms with van der Waals surface area (Å²) in [7, 11) is 0. The van der Waals surface area contributed by atoms with Crippen LogP contribution in [0.25, 0.3) is 10.8 Å². The van der Waals surface area contributed by atoms with E-state index >= 15 is 0 Å². The summed E-state index contributed by atoms with van der Waals surface area (Å²) >= 11 is 6.41. The van der Waals surface area contributed by atoms with Crippen LogP contribution in [0.1, 0.15) is 35.3 Å². The number of benzene rings is 2. The molecule has 8 heteroatoms. The van der Waals surface area contributed by atoms with Crippen LogP contribution in [0.15, 0.2) is 42.6 Å². The summed E-state index contributed by atoms with van der Waals surface area (Å²) in [4.78, 5) is 18.9. The summed E-state index contributed by atoms with van der Waals surface area (Å²) in [6.45, 7) is 6.23. The second-order valence-electron chi connectivity index (χ2n) is 6.76. The van der Waals surface area contributed by atoms with Gasteiger partial charge < -0.3 is 10.2 Å². The van der Waals surface area contributed by atoms with Crippen LogP contribution in [0.2, 0.25) is 5.02 Å². The van der Waals surface area contributed by atoms with E-state index < -0.39 is 11.7 Å². The van der Waals surface area contributed by atoms with Crippen LogP contribution < -0.4 is 5.32 Å². The quantitative estimate of drug-likeness (QED) is 0.501. The third kappa shape index (κ3) is 4.07. The maximum atomic E-state index is 13.3. The Morgan fingerprint density at radius 2 is 1.80 bits per heavy atom. The van der Waals surface area contributed by atoms with E-state index in [1.165, 1.54) is 19.2 Å². The summed E-state index contributed by atoms with van der Waals surface area (Å²) in [6, 6.07) is 9.04. The number of carbonyl (C=O) groups excluding carboxylic acids is 1. The van der Waals surface area contributed by atoms with Crippen LogP contribution in [0, 0.1) is 6.92 Å². The second kappa shape index (κ2) is 8.52. The number of halogens is 4. The van der Waals surface area contributed by atoms with E-state index in [1.54, 1.807) is 29.2 Å². The average molecular weight is 436 g/mol. The summed E-state index contributed by atoms with van der Waals surface area (Å²) in [5, 5.41) is 4.42. The van der Waals surface area contributed by atoms with Gasteiger partial charge in [-0.25, -0.2) is 4.98 Å². The smallest absolute Gasteiger partial charge is 0.339 e. The first-order chi connectivity index (χ1) is 14.2. The first kappa shape index (κ1) is 21.9. The van der Waals surface area contributed by atoms with E-state index in [2.05, 4.69) is 10.3 Å².